The number of hydrogen-bond acceptors (Lipinski definition) is 7. The van der Waals surface area contributed by atoms with Crippen molar-refractivity contribution in [2.45, 2.75) is 55.4 Å². The van der Waals surface area contributed by atoms with Gasteiger partial charge in [0.15, 0.2) is 5.78 Å². The number of carbonyl (C=O) groups excluding carboxylic acids is 4. The van der Waals surface area contributed by atoms with Crippen LogP contribution in [0, 0.1) is 5.92 Å². The molecule has 2 amide bonds. The van der Waals surface area contributed by atoms with Crippen LogP contribution in [0.5, 0.6) is 0 Å². The number of ketones is 2. The molecule has 8 heteroatoms. The number of hydrogen-bond donors (Lipinski definition) is 1. The zero-order valence-corrected chi connectivity index (χ0v) is 15.4. The first-order valence-corrected chi connectivity index (χ1v) is 10.4. The third-order valence-corrected chi connectivity index (χ3v) is 6.27. The van der Waals surface area contributed by atoms with Gasteiger partial charge in [0.2, 0.25) is 11.8 Å². The van der Waals surface area contributed by atoms with Crippen molar-refractivity contribution in [3.8, 4) is 0 Å². The number of Topliss-reactive ketones (excluding diaryl/α,β-unsaturated/α-hetero) is 2. The van der Waals surface area contributed by atoms with Crippen molar-refractivity contribution in [1.82, 2.24) is 4.90 Å². The average molecular weight is 373 g/mol. The van der Waals surface area contributed by atoms with E-state index in [9.17, 15) is 19.2 Å². The van der Waals surface area contributed by atoms with Crippen molar-refractivity contribution in [1.29, 1.82) is 0 Å². The predicted octanol–water partition coefficient (Wildman–Crippen LogP) is 2.16. The summed E-state index contributed by atoms with van der Waals surface area (Å²) in [5.41, 5.74) is 0. The van der Waals surface area contributed by atoms with Gasteiger partial charge in [-0.2, -0.15) is 11.8 Å². The van der Waals surface area contributed by atoms with Crippen LogP contribution < -0.4 is 0 Å². The lowest BCUT2D eigenvalue weighted by Crippen LogP contribution is -2.32. The van der Waals surface area contributed by atoms with Gasteiger partial charge in [-0.3, -0.25) is 24.1 Å². The highest BCUT2D eigenvalue weighted by molar-refractivity contribution is 8.00. The average Bonchev–Trinajstić information content (AvgIpc) is 3.00. The van der Waals surface area contributed by atoms with Crippen molar-refractivity contribution < 1.29 is 23.7 Å². The monoisotopic (exact) mass is 373 g/mol. The summed E-state index contributed by atoms with van der Waals surface area (Å²) in [7, 11) is 0. The first-order chi connectivity index (χ1) is 11.5. The molecule has 0 aromatic carbocycles. The van der Waals surface area contributed by atoms with Crippen LogP contribution in [0.25, 0.3) is 0 Å². The second kappa shape index (κ2) is 9.01. The van der Waals surface area contributed by atoms with Gasteiger partial charge in [0.05, 0.1) is 17.6 Å². The summed E-state index contributed by atoms with van der Waals surface area (Å²) in [5.74, 6) is -0.811. The quantitative estimate of drug-likeness (QED) is 0.286. The van der Waals surface area contributed by atoms with Gasteiger partial charge in [-0.15, -0.1) is 0 Å². The Kier molecular flexibility index (Phi) is 7.31. The minimum atomic E-state index is -0.652. The van der Waals surface area contributed by atoms with Gasteiger partial charge in [-0.05, 0) is 19.1 Å². The molecule has 1 aliphatic carbocycles. The van der Waals surface area contributed by atoms with Gasteiger partial charge in [0.1, 0.15) is 11.0 Å². The number of unbranched alkanes of at least 4 members (excludes halogenated alkanes) is 3. The Labute approximate surface area is 150 Å². The second-order valence-electron chi connectivity index (χ2n) is 6.23. The Morgan fingerprint density at radius 3 is 2.33 bits per heavy atom. The number of carbonyl (C=O) groups is 4. The molecule has 24 heavy (non-hydrogen) atoms. The molecule has 134 valence electrons. The minimum Gasteiger partial charge on any atom is -0.329 e. The topological polar surface area (TPSA) is 91.8 Å². The number of amides is 2. The second-order valence-corrected chi connectivity index (χ2v) is 8.05. The van der Waals surface area contributed by atoms with E-state index in [-0.39, 0.29) is 35.1 Å². The molecule has 1 heterocycles. The maximum atomic E-state index is 12.0. The molecule has 0 bridgehead atoms. The first kappa shape index (κ1) is 19.5. The van der Waals surface area contributed by atoms with E-state index >= 15 is 0 Å². The zero-order valence-electron chi connectivity index (χ0n) is 13.7. The molecule has 0 aromatic heterocycles. The zero-order chi connectivity index (χ0) is 17.7. The normalized spacial score (nSPS) is 27.6. The summed E-state index contributed by atoms with van der Waals surface area (Å²) in [4.78, 5) is 48.6. The smallest absolute Gasteiger partial charge is 0.245 e. The highest BCUT2D eigenvalue weighted by atomic mass is 32.2. The van der Waals surface area contributed by atoms with Crippen LogP contribution in [0.2, 0.25) is 0 Å². The Bertz CT molecular complexity index is 479. The third-order valence-electron chi connectivity index (χ3n) is 4.67. The summed E-state index contributed by atoms with van der Waals surface area (Å²) < 4.78 is 8.96. The predicted molar refractivity (Wildman–Crippen MR) is 93.9 cm³/mol. The van der Waals surface area contributed by atoms with Crippen LogP contribution in [0.1, 0.15) is 44.9 Å². The first-order valence-electron chi connectivity index (χ1n) is 8.23. The molecule has 2 aliphatic rings. The number of nitrogens with zero attached hydrogens (tertiary/aromatic N) is 1. The summed E-state index contributed by atoms with van der Waals surface area (Å²) in [5, 5.41) is -0.812. The molecular weight excluding hydrogens is 350 g/mol. The van der Waals surface area contributed by atoms with Gasteiger partial charge < -0.3 is 4.55 Å². The Morgan fingerprint density at radius 1 is 1.04 bits per heavy atom. The van der Waals surface area contributed by atoms with E-state index in [1.807, 2.05) is 6.26 Å². The minimum absolute atomic E-state index is 0.0696. The maximum absolute atomic E-state index is 12.0. The molecule has 2 rings (SSSR count). The van der Waals surface area contributed by atoms with Gasteiger partial charge in [-0.1, -0.05) is 19.3 Å². The lowest BCUT2D eigenvalue weighted by atomic mass is 9.98. The number of thioether (sulfide) groups is 1. The van der Waals surface area contributed by atoms with Crippen molar-refractivity contribution in [3.63, 3.8) is 0 Å². The standard InChI is InChI=1S/C16H23NO5S2/c1-23-12-8-11(18)10(15(12)20)6-4-2-3-5-7-17-14(19)9-13(24-22)16(17)21/h10,12-13,22H,2-9H2,1H3. The number of imide groups is 1. The van der Waals surface area contributed by atoms with Crippen LogP contribution in [-0.2, 0) is 19.2 Å². The highest BCUT2D eigenvalue weighted by Crippen LogP contribution is 2.30. The van der Waals surface area contributed by atoms with Gasteiger partial charge in [0, 0.05) is 25.0 Å². The Morgan fingerprint density at radius 2 is 1.75 bits per heavy atom. The lowest BCUT2D eigenvalue weighted by Gasteiger charge is -2.14. The summed E-state index contributed by atoms with van der Waals surface area (Å²) in [6, 6.07) is 0. The van der Waals surface area contributed by atoms with E-state index in [0.717, 1.165) is 19.3 Å². The van der Waals surface area contributed by atoms with Gasteiger partial charge >= 0.3 is 0 Å². The van der Waals surface area contributed by atoms with Crippen molar-refractivity contribution >= 4 is 47.2 Å². The fourth-order valence-corrected chi connectivity index (χ4v) is 4.42. The van der Waals surface area contributed by atoms with Crippen molar-refractivity contribution in [2.75, 3.05) is 12.8 Å². The summed E-state index contributed by atoms with van der Waals surface area (Å²) in [6.07, 6.45) is 6.14. The molecule has 0 radical (unpaired) electrons. The molecule has 0 aromatic rings. The van der Waals surface area contributed by atoms with Crippen molar-refractivity contribution in [2.24, 2.45) is 5.92 Å². The van der Waals surface area contributed by atoms with E-state index in [4.69, 9.17) is 4.55 Å². The molecular formula is C16H23NO5S2. The molecule has 1 aliphatic heterocycles. The van der Waals surface area contributed by atoms with Crippen molar-refractivity contribution in [3.05, 3.63) is 0 Å². The van der Waals surface area contributed by atoms with Crippen LogP contribution in [-0.4, -0.2) is 56.1 Å². The summed E-state index contributed by atoms with van der Waals surface area (Å²) >= 11 is 1.89. The third kappa shape index (κ3) is 4.40. The molecule has 1 N–H and O–H groups in total. The fraction of sp³-hybridized carbons (Fsp3) is 0.750. The molecule has 2 fully saturated rings. The summed E-state index contributed by atoms with van der Waals surface area (Å²) in [6.45, 7) is 0.380. The van der Waals surface area contributed by atoms with E-state index in [1.54, 1.807) is 0 Å². The molecule has 0 spiro atoms. The number of likely N-dealkylation sites (tertiary alicyclic amines) is 1. The van der Waals surface area contributed by atoms with Gasteiger partial charge in [-0.25, -0.2) is 0 Å². The molecule has 3 unspecified atom stereocenters. The van der Waals surface area contributed by atoms with Crippen LogP contribution >= 0.6 is 23.8 Å². The van der Waals surface area contributed by atoms with Crippen LogP contribution in [0.15, 0.2) is 0 Å². The SMILES string of the molecule is CSC1CC(=O)C(CCCCCCN2C(=O)CC(SO)C2=O)C1=O. The number of rotatable bonds is 9. The Balaban J connectivity index is 1.62. The van der Waals surface area contributed by atoms with E-state index in [0.29, 0.717) is 37.8 Å². The van der Waals surface area contributed by atoms with Gasteiger partial charge in [0.25, 0.3) is 0 Å². The van der Waals surface area contributed by atoms with E-state index in [2.05, 4.69) is 0 Å². The molecule has 3 atom stereocenters. The Hall–Kier alpha value is -0.860. The van der Waals surface area contributed by atoms with Crippen LogP contribution in [0.3, 0.4) is 0 Å². The largest absolute Gasteiger partial charge is 0.329 e. The molecule has 1 saturated heterocycles. The molecule has 6 nitrogen and oxygen atoms in total. The van der Waals surface area contributed by atoms with E-state index < -0.39 is 11.2 Å². The fourth-order valence-electron chi connectivity index (χ4n) is 3.25. The van der Waals surface area contributed by atoms with Crippen LogP contribution in [0.4, 0.5) is 0 Å². The van der Waals surface area contributed by atoms with E-state index in [1.165, 1.54) is 16.7 Å². The maximum Gasteiger partial charge on any atom is 0.245 e. The lowest BCUT2D eigenvalue weighted by molar-refractivity contribution is -0.138. The highest BCUT2D eigenvalue weighted by Gasteiger charge is 2.40. The molecule has 1 saturated carbocycles.